The molecule has 8 heteroatoms. The quantitative estimate of drug-likeness (QED) is 0.161. The van der Waals surface area contributed by atoms with Crippen LogP contribution in [0.1, 0.15) is 49.3 Å². The molecule has 0 spiro atoms. The molecule has 6 nitrogen and oxygen atoms in total. The molecule has 3 amide bonds. The lowest BCUT2D eigenvalue weighted by molar-refractivity contribution is -0.136. The standard InChI is InChI=1S/C39H37ClFN3O3/c1-2-9-31(37(42)45)32(21-24-10-7-11-24)38(46)43-36-30-16-4-3-14-28(30)29-15-5-6-17-35(29)44(39(36)47)23-25-12-8-13-26(20-25)27-18-19-34(41)33(40)22-27/h2-6,8,12-20,22,24,31-32,36H,1,7,9-11,21,23H2,(H2,42,45)(H,43,46). The number of nitrogens with two attached hydrogens (primary N) is 1. The second kappa shape index (κ2) is 13.9. The average Bonchev–Trinajstić information content (AvgIpc) is 3.14. The van der Waals surface area contributed by atoms with Crippen LogP contribution in [0.5, 0.6) is 0 Å². The van der Waals surface area contributed by atoms with Gasteiger partial charge in [0.2, 0.25) is 11.8 Å². The van der Waals surface area contributed by atoms with Crippen molar-refractivity contribution in [2.75, 3.05) is 4.90 Å². The van der Waals surface area contributed by atoms with Crippen molar-refractivity contribution < 1.29 is 18.8 Å². The van der Waals surface area contributed by atoms with Crippen molar-refractivity contribution >= 4 is 35.0 Å². The molecule has 0 radical (unpaired) electrons. The molecule has 3 N–H and O–H groups in total. The minimum atomic E-state index is -1.01. The highest BCUT2D eigenvalue weighted by Crippen LogP contribution is 2.42. The molecule has 0 saturated heterocycles. The third-order valence-corrected chi connectivity index (χ3v) is 9.79. The molecular formula is C39H37ClFN3O3. The predicted molar refractivity (Wildman–Crippen MR) is 184 cm³/mol. The van der Waals surface area contributed by atoms with E-state index in [1.54, 1.807) is 23.1 Å². The molecule has 1 aliphatic carbocycles. The van der Waals surface area contributed by atoms with E-state index in [9.17, 15) is 18.8 Å². The molecule has 4 aromatic rings. The smallest absolute Gasteiger partial charge is 0.254 e. The van der Waals surface area contributed by atoms with Crippen LogP contribution in [0.15, 0.2) is 104 Å². The van der Waals surface area contributed by atoms with E-state index >= 15 is 0 Å². The van der Waals surface area contributed by atoms with Gasteiger partial charge in [0.05, 0.1) is 29.1 Å². The Morgan fingerprint density at radius 3 is 2.38 bits per heavy atom. The van der Waals surface area contributed by atoms with E-state index in [0.717, 1.165) is 47.1 Å². The van der Waals surface area contributed by atoms with Gasteiger partial charge in [0.1, 0.15) is 11.9 Å². The van der Waals surface area contributed by atoms with Crippen LogP contribution >= 0.6 is 11.6 Å². The minimum Gasteiger partial charge on any atom is -0.369 e. The first-order valence-corrected chi connectivity index (χ1v) is 16.4. The molecule has 240 valence electrons. The van der Waals surface area contributed by atoms with Crippen molar-refractivity contribution in [3.8, 4) is 22.3 Å². The van der Waals surface area contributed by atoms with Crippen molar-refractivity contribution in [2.24, 2.45) is 23.5 Å². The molecule has 1 fully saturated rings. The molecule has 4 aromatic carbocycles. The number of fused-ring (bicyclic) bond motifs is 3. The first-order valence-electron chi connectivity index (χ1n) is 16.0. The summed E-state index contributed by atoms with van der Waals surface area (Å²) in [5.74, 6) is -2.78. The zero-order chi connectivity index (χ0) is 33.1. The largest absolute Gasteiger partial charge is 0.369 e. The van der Waals surface area contributed by atoms with Gasteiger partial charge in [-0.3, -0.25) is 14.4 Å². The first-order chi connectivity index (χ1) is 22.7. The number of para-hydroxylation sites is 1. The Bertz CT molecular complexity index is 1840. The van der Waals surface area contributed by atoms with Crippen LogP contribution in [-0.4, -0.2) is 17.7 Å². The summed E-state index contributed by atoms with van der Waals surface area (Å²) in [5, 5.41) is 3.12. The van der Waals surface area contributed by atoms with Gasteiger partial charge in [-0.1, -0.05) is 104 Å². The zero-order valence-corrected chi connectivity index (χ0v) is 26.8. The normalized spacial score (nSPS) is 17.0. The van der Waals surface area contributed by atoms with Crippen LogP contribution in [0.2, 0.25) is 5.02 Å². The predicted octanol–water partition coefficient (Wildman–Crippen LogP) is 8.00. The maximum Gasteiger partial charge on any atom is 0.254 e. The lowest BCUT2D eigenvalue weighted by atomic mass is 9.74. The number of allylic oxidation sites excluding steroid dienone is 1. The number of carbonyl (C=O) groups excluding carboxylic acids is 3. The van der Waals surface area contributed by atoms with Crippen molar-refractivity contribution in [3.63, 3.8) is 0 Å². The molecule has 1 saturated carbocycles. The van der Waals surface area contributed by atoms with Gasteiger partial charge in [-0.15, -0.1) is 6.58 Å². The molecule has 0 bridgehead atoms. The van der Waals surface area contributed by atoms with E-state index in [4.69, 9.17) is 17.3 Å². The Morgan fingerprint density at radius 2 is 1.68 bits per heavy atom. The summed E-state index contributed by atoms with van der Waals surface area (Å²) in [5.41, 5.74) is 11.3. The van der Waals surface area contributed by atoms with E-state index in [-0.39, 0.29) is 29.8 Å². The Hall–Kier alpha value is -4.75. The molecule has 3 unspecified atom stereocenters. The van der Waals surface area contributed by atoms with Crippen molar-refractivity contribution in [2.45, 2.75) is 44.7 Å². The summed E-state index contributed by atoms with van der Waals surface area (Å²) < 4.78 is 13.9. The lowest BCUT2D eigenvalue weighted by Gasteiger charge is -2.33. The number of hydrogen-bond donors (Lipinski definition) is 2. The molecule has 2 aliphatic rings. The summed E-state index contributed by atoms with van der Waals surface area (Å²) in [6.45, 7) is 4.00. The van der Waals surface area contributed by atoms with E-state index in [1.807, 2.05) is 72.8 Å². The maximum absolute atomic E-state index is 14.7. The van der Waals surface area contributed by atoms with Gasteiger partial charge >= 0.3 is 0 Å². The third-order valence-electron chi connectivity index (χ3n) is 9.50. The maximum atomic E-state index is 14.7. The fourth-order valence-corrected chi connectivity index (χ4v) is 6.98. The average molecular weight is 650 g/mol. The third kappa shape index (κ3) is 6.72. The molecule has 47 heavy (non-hydrogen) atoms. The Balaban J connectivity index is 1.38. The van der Waals surface area contributed by atoms with E-state index in [1.165, 1.54) is 6.07 Å². The number of amides is 3. The number of hydrogen-bond acceptors (Lipinski definition) is 3. The molecule has 1 heterocycles. The van der Waals surface area contributed by atoms with Gasteiger partial charge in [-0.2, -0.15) is 0 Å². The molecule has 0 aromatic heterocycles. The highest BCUT2D eigenvalue weighted by molar-refractivity contribution is 6.31. The summed E-state index contributed by atoms with van der Waals surface area (Å²) in [4.78, 5) is 43.2. The second-order valence-corrected chi connectivity index (χ2v) is 12.9. The van der Waals surface area contributed by atoms with Crippen molar-refractivity contribution in [1.29, 1.82) is 0 Å². The van der Waals surface area contributed by atoms with E-state index in [2.05, 4.69) is 11.9 Å². The number of primary amides is 1. The first kappa shape index (κ1) is 32.2. The molecule has 1 aliphatic heterocycles. The van der Waals surface area contributed by atoms with Crippen LogP contribution in [0.3, 0.4) is 0 Å². The number of nitrogens with zero attached hydrogens (tertiary/aromatic N) is 1. The number of halogens is 2. The molecular weight excluding hydrogens is 613 g/mol. The van der Waals surface area contributed by atoms with Crippen LogP contribution in [0.4, 0.5) is 10.1 Å². The highest BCUT2D eigenvalue weighted by Gasteiger charge is 2.40. The van der Waals surface area contributed by atoms with Gasteiger partial charge in [0.15, 0.2) is 0 Å². The second-order valence-electron chi connectivity index (χ2n) is 12.5. The number of benzene rings is 4. The van der Waals surface area contributed by atoms with Crippen LogP contribution in [0, 0.1) is 23.6 Å². The Morgan fingerprint density at radius 1 is 0.957 bits per heavy atom. The van der Waals surface area contributed by atoms with Crippen molar-refractivity contribution in [3.05, 3.63) is 126 Å². The fraction of sp³-hybridized carbons (Fsp3) is 0.256. The zero-order valence-electron chi connectivity index (χ0n) is 26.0. The van der Waals surface area contributed by atoms with E-state index < -0.39 is 29.6 Å². The Labute approximate surface area is 279 Å². The van der Waals surface area contributed by atoms with Gasteiger partial charge in [-0.05, 0) is 70.8 Å². The minimum absolute atomic E-state index is 0.0307. The number of nitrogens with one attached hydrogen (secondary N) is 1. The summed E-state index contributed by atoms with van der Waals surface area (Å²) in [7, 11) is 0. The Kier molecular flexibility index (Phi) is 9.55. The van der Waals surface area contributed by atoms with E-state index in [0.29, 0.717) is 23.6 Å². The summed E-state index contributed by atoms with van der Waals surface area (Å²) in [6.07, 6.45) is 5.53. The van der Waals surface area contributed by atoms with Gasteiger partial charge < -0.3 is 16.0 Å². The molecule has 6 rings (SSSR count). The summed E-state index contributed by atoms with van der Waals surface area (Å²) in [6, 6.07) is 26.5. The SMILES string of the molecule is C=CCC(C(N)=O)C(CC1CCC1)C(=O)NC1C(=O)N(Cc2cccc(-c3ccc(F)c(Cl)c3)c2)c2ccccc2-c2ccccc21. The van der Waals surface area contributed by atoms with Gasteiger partial charge in [0.25, 0.3) is 5.91 Å². The lowest BCUT2D eigenvalue weighted by Crippen LogP contribution is -2.47. The van der Waals surface area contributed by atoms with Crippen LogP contribution in [-0.2, 0) is 20.9 Å². The molecule has 3 atom stereocenters. The monoisotopic (exact) mass is 649 g/mol. The van der Waals surface area contributed by atoms with Gasteiger partial charge in [-0.25, -0.2) is 4.39 Å². The number of anilines is 1. The topological polar surface area (TPSA) is 92.5 Å². The number of rotatable bonds is 11. The fourth-order valence-electron chi connectivity index (χ4n) is 6.80. The van der Waals surface area contributed by atoms with Crippen LogP contribution in [0.25, 0.3) is 22.3 Å². The number of carbonyl (C=O) groups is 3. The van der Waals surface area contributed by atoms with Gasteiger partial charge in [0, 0.05) is 5.56 Å². The highest BCUT2D eigenvalue weighted by atomic mass is 35.5. The summed E-state index contributed by atoms with van der Waals surface area (Å²) >= 11 is 6.08. The van der Waals surface area contributed by atoms with Crippen LogP contribution < -0.4 is 16.0 Å². The van der Waals surface area contributed by atoms with Crippen molar-refractivity contribution in [1.82, 2.24) is 5.32 Å².